The van der Waals surface area contributed by atoms with Crippen LogP contribution in [-0.4, -0.2) is 96.7 Å². The Morgan fingerprint density at radius 1 is 0.304 bits per heavy atom. The minimum absolute atomic E-state index is 0.104. The van der Waals surface area contributed by atoms with Gasteiger partial charge < -0.3 is 33.8 Å². The Kier molecular flexibility index (Phi) is 61.3. The maximum absolute atomic E-state index is 13.0. The molecule has 19 heteroatoms. The SMILES string of the molecule is CCC(C)CCCCCCCCCCCCCCCCC(=O)OC[C@H](COP(=O)(O)OC[C@@H](O)COP(=O)(O)OC[C@@H](COC(=O)CCCCCCCCC(C)CC)OC(=O)CCCCCCCCCCCC(C)C)OC(=O)CCCCCCCCCCC(C)CC. The third kappa shape index (κ3) is 62.8. The van der Waals surface area contributed by atoms with Crippen LogP contribution in [0.25, 0.3) is 0 Å². The molecular weight excluding hydrogens is 1210 g/mol. The van der Waals surface area contributed by atoms with Crippen molar-refractivity contribution in [1.29, 1.82) is 0 Å². The molecule has 5 unspecified atom stereocenters. The van der Waals surface area contributed by atoms with E-state index in [-0.39, 0.29) is 25.7 Å². The molecule has 0 aliphatic heterocycles. The van der Waals surface area contributed by atoms with Crippen molar-refractivity contribution in [2.75, 3.05) is 39.6 Å². The van der Waals surface area contributed by atoms with E-state index < -0.39 is 97.5 Å². The third-order valence-corrected chi connectivity index (χ3v) is 19.8. The summed E-state index contributed by atoms with van der Waals surface area (Å²) in [5.74, 6) is 0.959. The summed E-state index contributed by atoms with van der Waals surface area (Å²) in [6.07, 6.45) is 45.8. The van der Waals surface area contributed by atoms with Gasteiger partial charge in [0.15, 0.2) is 12.2 Å². The van der Waals surface area contributed by atoms with Gasteiger partial charge in [-0.25, -0.2) is 9.13 Å². The van der Waals surface area contributed by atoms with Crippen molar-refractivity contribution in [3.05, 3.63) is 0 Å². The molecule has 0 amide bonds. The molecular formula is C73H142O17P2. The van der Waals surface area contributed by atoms with Crippen molar-refractivity contribution in [2.24, 2.45) is 23.7 Å². The van der Waals surface area contributed by atoms with Gasteiger partial charge in [0.1, 0.15) is 19.3 Å². The molecule has 0 aromatic carbocycles. The van der Waals surface area contributed by atoms with E-state index in [1.54, 1.807) is 0 Å². The number of aliphatic hydroxyl groups excluding tert-OH is 1. The van der Waals surface area contributed by atoms with Gasteiger partial charge in [0, 0.05) is 25.7 Å². The van der Waals surface area contributed by atoms with Gasteiger partial charge in [-0.3, -0.25) is 37.3 Å². The lowest BCUT2D eigenvalue weighted by atomic mass is 9.99. The van der Waals surface area contributed by atoms with E-state index in [1.165, 1.54) is 161 Å². The van der Waals surface area contributed by atoms with Crippen LogP contribution in [-0.2, 0) is 65.4 Å². The third-order valence-electron chi connectivity index (χ3n) is 17.9. The number of unbranched alkanes of at least 4 members (excludes halogenated alkanes) is 33. The Bertz CT molecular complexity index is 1820. The average molecular weight is 1350 g/mol. The number of phosphoric ester groups is 2. The highest BCUT2D eigenvalue weighted by Crippen LogP contribution is 2.45. The lowest BCUT2D eigenvalue weighted by Gasteiger charge is -2.21. The van der Waals surface area contributed by atoms with E-state index in [2.05, 4.69) is 55.4 Å². The lowest BCUT2D eigenvalue weighted by molar-refractivity contribution is -0.161. The van der Waals surface area contributed by atoms with E-state index in [0.29, 0.717) is 25.7 Å². The quantitative estimate of drug-likeness (QED) is 0.0222. The normalized spacial score (nSPS) is 15.1. The maximum atomic E-state index is 13.0. The molecule has 0 spiro atoms. The van der Waals surface area contributed by atoms with Gasteiger partial charge in [-0.05, 0) is 49.4 Å². The number of esters is 4. The van der Waals surface area contributed by atoms with E-state index in [4.69, 9.17) is 37.0 Å². The standard InChI is InChI=1S/C73H142O17P2/c1-9-64(6)50-42-34-26-20-16-14-12-13-15-17-21-28-37-45-53-70(75)83-59-68(90-73(78)56-48-40-30-24-23-27-35-43-51-65(7)10-2)61-87-91(79,80)85-57-67(74)58-86-92(81,82)88-62-69(60-84-71(76)54-46-38-32-31-36-44-52-66(8)11-3)89-72(77)55-47-39-29-22-18-19-25-33-41-49-63(4)5/h63-69,74H,9-62H2,1-8H3,(H,79,80)(H,81,82)/t64?,65?,66?,67-,68-,69-/m1/s1. The number of ether oxygens (including phenoxy) is 4. The predicted octanol–water partition coefficient (Wildman–Crippen LogP) is 20.9. The Balaban J connectivity index is 5.23. The number of rotatable bonds is 70. The van der Waals surface area contributed by atoms with Gasteiger partial charge in [0.25, 0.3) is 0 Å². The molecule has 0 bridgehead atoms. The van der Waals surface area contributed by atoms with Crippen LogP contribution in [0, 0.1) is 23.7 Å². The fourth-order valence-electron chi connectivity index (χ4n) is 10.9. The van der Waals surface area contributed by atoms with Crippen molar-refractivity contribution >= 4 is 39.5 Å². The summed E-state index contributed by atoms with van der Waals surface area (Å²) >= 11 is 0. The Labute approximate surface area is 562 Å². The molecule has 0 saturated carbocycles. The molecule has 92 heavy (non-hydrogen) atoms. The molecule has 3 N–H and O–H groups in total. The Morgan fingerprint density at radius 3 is 0.772 bits per heavy atom. The topological polar surface area (TPSA) is 237 Å². The summed E-state index contributed by atoms with van der Waals surface area (Å²) < 4.78 is 68.4. The summed E-state index contributed by atoms with van der Waals surface area (Å²) in [5.41, 5.74) is 0. The van der Waals surface area contributed by atoms with Crippen molar-refractivity contribution < 1.29 is 80.2 Å². The summed E-state index contributed by atoms with van der Waals surface area (Å²) in [6, 6.07) is 0. The Hall–Kier alpha value is -1.94. The molecule has 0 aliphatic carbocycles. The van der Waals surface area contributed by atoms with Gasteiger partial charge in [0.2, 0.25) is 0 Å². The molecule has 0 saturated heterocycles. The molecule has 0 aliphatic rings. The number of aliphatic hydroxyl groups is 1. The van der Waals surface area contributed by atoms with Gasteiger partial charge >= 0.3 is 39.5 Å². The van der Waals surface area contributed by atoms with Crippen LogP contribution in [0.3, 0.4) is 0 Å². The van der Waals surface area contributed by atoms with Crippen LogP contribution in [0.2, 0.25) is 0 Å². The first-order valence-electron chi connectivity index (χ1n) is 37.8. The summed E-state index contributed by atoms with van der Waals surface area (Å²) in [6.45, 7) is 14.2. The highest BCUT2D eigenvalue weighted by molar-refractivity contribution is 7.47. The van der Waals surface area contributed by atoms with Gasteiger partial charge in [-0.15, -0.1) is 0 Å². The fraction of sp³-hybridized carbons (Fsp3) is 0.945. The predicted molar refractivity (Wildman–Crippen MR) is 372 cm³/mol. The number of hydrogen-bond acceptors (Lipinski definition) is 15. The summed E-state index contributed by atoms with van der Waals surface area (Å²) in [7, 11) is -9.91. The first-order chi connectivity index (χ1) is 44.2. The molecule has 0 fully saturated rings. The molecule has 0 aromatic heterocycles. The highest BCUT2D eigenvalue weighted by atomic mass is 31.2. The largest absolute Gasteiger partial charge is 0.472 e. The van der Waals surface area contributed by atoms with Gasteiger partial charge in [-0.1, -0.05) is 312 Å². The molecule has 546 valence electrons. The van der Waals surface area contributed by atoms with Crippen molar-refractivity contribution in [3.8, 4) is 0 Å². The van der Waals surface area contributed by atoms with E-state index in [1.807, 2.05) is 0 Å². The molecule has 0 radical (unpaired) electrons. The van der Waals surface area contributed by atoms with E-state index in [9.17, 15) is 43.2 Å². The molecule has 17 nitrogen and oxygen atoms in total. The molecule has 0 heterocycles. The van der Waals surface area contributed by atoms with Crippen LogP contribution >= 0.6 is 15.6 Å². The zero-order valence-electron chi connectivity index (χ0n) is 60.2. The van der Waals surface area contributed by atoms with Crippen molar-refractivity contribution in [3.63, 3.8) is 0 Å². The smallest absolute Gasteiger partial charge is 0.462 e. The van der Waals surface area contributed by atoms with Crippen LogP contribution in [0.5, 0.6) is 0 Å². The molecule has 0 aromatic rings. The second-order valence-electron chi connectivity index (χ2n) is 27.5. The number of carbonyl (C=O) groups excluding carboxylic acids is 4. The van der Waals surface area contributed by atoms with Crippen LogP contribution < -0.4 is 0 Å². The first-order valence-corrected chi connectivity index (χ1v) is 40.8. The van der Waals surface area contributed by atoms with Crippen molar-refractivity contribution in [1.82, 2.24) is 0 Å². The minimum atomic E-state index is -4.96. The maximum Gasteiger partial charge on any atom is 0.472 e. The molecule has 8 atom stereocenters. The minimum Gasteiger partial charge on any atom is -0.462 e. The molecule has 0 rings (SSSR count). The van der Waals surface area contributed by atoms with Crippen molar-refractivity contribution in [2.45, 2.75) is 382 Å². The van der Waals surface area contributed by atoms with Gasteiger partial charge in [0.05, 0.1) is 26.4 Å². The van der Waals surface area contributed by atoms with Crippen LogP contribution in [0.4, 0.5) is 0 Å². The number of hydrogen-bond donors (Lipinski definition) is 3. The van der Waals surface area contributed by atoms with Crippen LogP contribution in [0.15, 0.2) is 0 Å². The number of carbonyl (C=O) groups is 4. The monoisotopic (exact) mass is 1350 g/mol. The average Bonchev–Trinajstić information content (AvgIpc) is 3.04. The Morgan fingerprint density at radius 2 is 0.522 bits per heavy atom. The lowest BCUT2D eigenvalue weighted by Crippen LogP contribution is -2.30. The second-order valence-corrected chi connectivity index (χ2v) is 30.4. The zero-order chi connectivity index (χ0) is 68.2. The van der Waals surface area contributed by atoms with Gasteiger partial charge in [-0.2, -0.15) is 0 Å². The fourth-order valence-corrected chi connectivity index (χ4v) is 12.5. The number of phosphoric acid groups is 2. The summed E-state index contributed by atoms with van der Waals surface area (Å²) in [5, 5.41) is 10.6. The zero-order valence-corrected chi connectivity index (χ0v) is 62.0. The summed E-state index contributed by atoms with van der Waals surface area (Å²) in [4.78, 5) is 72.7. The van der Waals surface area contributed by atoms with E-state index >= 15 is 0 Å². The van der Waals surface area contributed by atoms with Crippen LogP contribution in [0.1, 0.15) is 364 Å². The van der Waals surface area contributed by atoms with E-state index in [0.717, 1.165) is 120 Å². The highest BCUT2D eigenvalue weighted by Gasteiger charge is 2.30. The second kappa shape index (κ2) is 62.6. The first kappa shape index (κ1) is 90.1.